The average Bonchev–Trinajstić information content (AvgIpc) is 2.68. The number of halogens is 1. The highest BCUT2D eigenvalue weighted by atomic mass is 35.5. The van der Waals surface area contributed by atoms with Gasteiger partial charge in [-0.15, -0.1) is 0 Å². The summed E-state index contributed by atoms with van der Waals surface area (Å²) >= 11 is 5.89. The van der Waals surface area contributed by atoms with Crippen LogP contribution in [0.2, 0.25) is 5.02 Å². The average molecular weight is 425 g/mol. The molecule has 1 N–H and O–H groups in total. The van der Waals surface area contributed by atoms with Crippen LogP contribution < -0.4 is 10.1 Å². The highest BCUT2D eigenvalue weighted by molar-refractivity contribution is 7.89. The largest absolute Gasteiger partial charge is 0.483 e. The Morgan fingerprint density at radius 3 is 2.50 bits per heavy atom. The van der Waals surface area contributed by atoms with E-state index >= 15 is 0 Å². The monoisotopic (exact) mass is 424 g/mol. The predicted octanol–water partition coefficient (Wildman–Crippen LogP) is 2.69. The first-order valence-corrected chi connectivity index (χ1v) is 10.5. The van der Waals surface area contributed by atoms with Crippen molar-refractivity contribution in [2.75, 3.05) is 38.2 Å². The van der Waals surface area contributed by atoms with E-state index in [4.69, 9.17) is 21.1 Å². The van der Waals surface area contributed by atoms with Crippen molar-refractivity contribution in [1.82, 2.24) is 4.31 Å². The zero-order chi connectivity index (χ0) is 20.1. The second-order valence-electron chi connectivity index (χ2n) is 6.29. The molecule has 3 rings (SSSR count). The van der Waals surface area contributed by atoms with Crippen molar-refractivity contribution >= 4 is 33.2 Å². The molecule has 0 bridgehead atoms. The third kappa shape index (κ3) is 5.02. The summed E-state index contributed by atoms with van der Waals surface area (Å²) in [6.07, 6.45) is 0. The summed E-state index contributed by atoms with van der Waals surface area (Å²) < 4.78 is 37.3. The first-order valence-electron chi connectivity index (χ1n) is 8.73. The van der Waals surface area contributed by atoms with E-state index in [2.05, 4.69) is 5.32 Å². The Hall–Kier alpha value is -2.13. The normalized spacial score (nSPS) is 15.2. The minimum absolute atomic E-state index is 0.170. The number of ether oxygens (including phenoxy) is 2. The summed E-state index contributed by atoms with van der Waals surface area (Å²) in [5.41, 5.74) is 1.32. The number of aryl methyl sites for hydroxylation is 1. The number of carbonyl (C=O) groups excluding carboxylic acids is 1. The van der Waals surface area contributed by atoms with Crippen molar-refractivity contribution in [3.8, 4) is 5.75 Å². The second-order valence-corrected chi connectivity index (χ2v) is 8.66. The molecule has 1 amide bonds. The molecule has 2 aromatic rings. The van der Waals surface area contributed by atoms with Gasteiger partial charge < -0.3 is 14.8 Å². The molecule has 7 nitrogen and oxygen atoms in total. The van der Waals surface area contributed by atoms with Crippen LogP contribution in [0.5, 0.6) is 5.75 Å². The fraction of sp³-hybridized carbons (Fsp3) is 0.316. The van der Waals surface area contributed by atoms with Gasteiger partial charge >= 0.3 is 0 Å². The van der Waals surface area contributed by atoms with Gasteiger partial charge in [0.25, 0.3) is 5.91 Å². The van der Waals surface area contributed by atoms with Crippen LogP contribution in [0, 0.1) is 6.92 Å². The first-order chi connectivity index (χ1) is 13.4. The number of benzene rings is 2. The minimum atomic E-state index is -3.56. The predicted molar refractivity (Wildman–Crippen MR) is 106 cm³/mol. The lowest BCUT2D eigenvalue weighted by Crippen LogP contribution is -2.40. The van der Waals surface area contributed by atoms with Gasteiger partial charge in [-0.3, -0.25) is 4.79 Å². The van der Waals surface area contributed by atoms with Gasteiger partial charge in [0, 0.05) is 23.8 Å². The summed E-state index contributed by atoms with van der Waals surface area (Å²) in [5, 5.41) is 3.28. The topological polar surface area (TPSA) is 84.9 Å². The fourth-order valence-electron chi connectivity index (χ4n) is 2.76. The van der Waals surface area contributed by atoms with E-state index in [0.717, 1.165) is 5.56 Å². The summed E-state index contributed by atoms with van der Waals surface area (Å²) in [6, 6.07) is 11.2. The SMILES string of the molecule is Cc1cc(Cl)ccc1OCC(=O)Nc1ccc(S(=O)(=O)N2CCOCC2)cc1. The third-order valence-corrected chi connectivity index (χ3v) is 6.39. The quantitative estimate of drug-likeness (QED) is 0.770. The molecule has 1 aliphatic rings. The van der Waals surface area contributed by atoms with Crippen molar-refractivity contribution in [2.24, 2.45) is 0 Å². The summed E-state index contributed by atoms with van der Waals surface area (Å²) in [7, 11) is -3.56. The van der Waals surface area contributed by atoms with Crippen molar-refractivity contribution in [2.45, 2.75) is 11.8 Å². The number of morpholine rings is 1. The molecule has 0 saturated carbocycles. The molecule has 1 saturated heterocycles. The van der Waals surface area contributed by atoms with Crippen LogP contribution in [0.1, 0.15) is 5.56 Å². The lowest BCUT2D eigenvalue weighted by Gasteiger charge is -2.26. The number of rotatable bonds is 6. The Morgan fingerprint density at radius 1 is 1.18 bits per heavy atom. The lowest BCUT2D eigenvalue weighted by molar-refractivity contribution is -0.118. The van der Waals surface area contributed by atoms with Crippen LogP contribution in [-0.2, 0) is 19.6 Å². The van der Waals surface area contributed by atoms with E-state index in [-0.39, 0.29) is 17.4 Å². The molecule has 1 heterocycles. The van der Waals surface area contributed by atoms with E-state index < -0.39 is 10.0 Å². The van der Waals surface area contributed by atoms with Crippen LogP contribution in [0.3, 0.4) is 0 Å². The number of hydrogen-bond acceptors (Lipinski definition) is 5. The van der Waals surface area contributed by atoms with Crippen molar-refractivity contribution in [1.29, 1.82) is 0 Å². The van der Waals surface area contributed by atoms with E-state index in [1.54, 1.807) is 30.3 Å². The molecule has 0 aromatic heterocycles. The third-order valence-electron chi connectivity index (χ3n) is 4.24. The van der Waals surface area contributed by atoms with E-state index in [9.17, 15) is 13.2 Å². The number of hydrogen-bond donors (Lipinski definition) is 1. The number of amides is 1. The number of sulfonamides is 1. The molecule has 0 aliphatic carbocycles. The zero-order valence-electron chi connectivity index (χ0n) is 15.4. The lowest BCUT2D eigenvalue weighted by atomic mass is 10.2. The fourth-order valence-corrected chi connectivity index (χ4v) is 4.40. The highest BCUT2D eigenvalue weighted by Gasteiger charge is 2.26. The maximum atomic E-state index is 12.6. The maximum Gasteiger partial charge on any atom is 0.262 e. The summed E-state index contributed by atoms with van der Waals surface area (Å²) in [5.74, 6) is 0.227. The zero-order valence-corrected chi connectivity index (χ0v) is 16.9. The van der Waals surface area contributed by atoms with Gasteiger partial charge in [0.2, 0.25) is 10.0 Å². The number of nitrogens with zero attached hydrogens (tertiary/aromatic N) is 1. The molecule has 28 heavy (non-hydrogen) atoms. The van der Waals surface area contributed by atoms with Gasteiger partial charge in [-0.1, -0.05) is 11.6 Å². The van der Waals surface area contributed by atoms with E-state index in [0.29, 0.717) is 42.8 Å². The van der Waals surface area contributed by atoms with Crippen LogP contribution in [0.4, 0.5) is 5.69 Å². The molecule has 0 atom stereocenters. The Balaban J connectivity index is 1.58. The van der Waals surface area contributed by atoms with Crippen LogP contribution in [-0.4, -0.2) is 51.5 Å². The Bertz CT molecular complexity index is 941. The van der Waals surface area contributed by atoms with Crippen LogP contribution >= 0.6 is 11.6 Å². The molecular formula is C19H21ClN2O5S. The second kappa shape index (κ2) is 8.91. The molecule has 9 heteroatoms. The summed E-state index contributed by atoms with van der Waals surface area (Å²) in [4.78, 5) is 12.3. The number of carbonyl (C=O) groups is 1. The van der Waals surface area contributed by atoms with Gasteiger partial charge in [-0.25, -0.2) is 8.42 Å². The van der Waals surface area contributed by atoms with Gasteiger partial charge in [0.15, 0.2) is 6.61 Å². The van der Waals surface area contributed by atoms with Crippen LogP contribution in [0.25, 0.3) is 0 Å². The van der Waals surface area contributed by atoms with Crippen molar-refractivity contribution in [3.63, 3.8) is 0 Å². The summed E-state index contributed by atoms with van der Waals surface area (Å²) in [6.45, 7) is 3.12. The van der Waals surface area contributed by atoms with Crippen molar-refractivity contribution in [3.05, 3.63) is 53.1 Å². The van der Waals surface area contributed by atoms with E-state index in [1.807, 2.05) is 6.92 Å². The molecule has 150 valence electrons. The molecule has 1 aliphatic heterocycles. The van der Waals surface area contributed by atoms with Gasteiger partial charge in [0.1, 0.15) is 5.75 Å². The van der Waals surface area contributed by atoms with Crippen molar-refractivity contribution < 1.29 is 22.7 Å². The maximum absolute atomic E-state index is 12.6. The minimum Gasteiger partial charge on any atom is -0.483 e. The molecule has 0 radical (unpaired) electrons. The molecule has 2 aromatic carbocycles. The first kappa shape index (κ1) is 20.6. The number of nitrogens with one attached hydrogen (secondary N) is 1. The van der Waals surface area contributed by atoms with Gasteiger partial charge in [0.05, 0.1) is 18.1 Å². The molecule has 1 fully saturated rings. The molecular weight excluding hydrogens is 404 g/mol. The van der Waals surface area contributed by atoms with Crippen LogP contribution in [0.15, 0.2) is 47.4 Å². The Morgan fingerprint density at radius 2 is 1.86 bits per heavy atom. The van der Waals surface area contributed by atoms with Gasteiger partial charge in [-0.2, -0.15) is 4.31 Å². The molecule has 0 spiro atoms. The molecule has 0 unspecified atom stereocenters. The number of anilines is 1. The highest BCUT2D eigenvalue weighted by Crippen LogP contribution is 2.22. The standard InChI is InChI=1S/C19H21ClN2O5S/c1-14-12-15(20)2-7-18(14)27-13-19(23)21-16-3-5-17(6-4-16)28(24,25)22-8-10-26-11-9-22/h2-7,12H,8-11,13H2,1H3,(H,21,23). The Kier molecular flexibility index (Phi) is 6.56. The Labute approximate surface area is 169 Å². The van der Waals surface area contributed by atoms with E-state index in [1.165, 1.54) is 16.4 Å². The van der Waals surface area contributed by atoms with Gasteiger partial charge in [-0.05, 0) is 55.0 Å². The smallest absolute Gasteiger partial charge is 0.262 e.